The molecular weight excluding hydrogens is 219 g/mol. The summed E-state index contributed by atoms with van der Waals surface area (Å²) in [6.07, 6.45) is -1.64. The largest absolute Gasteiger partial charge is 0.419 e. The molecule has 1 rings (SSSR count). The summed E-state index contributed by atoms with van der Waals surface area (Å²) in [4.78, 5) is 0. The van der Waals surface area contributed by atoms with Crippen LogP contribution in [0.25, 0.3) is 0 Å². The van der Waals surface area contributed by atoms with Gasteiger partial charge in [-0.25, -0.2) is 0 Å². The fraction of sp³-hybridized carbons (Fsp3) is 0.700. The highest BCUT2D eigenvalue weighted by Crippen LogP contribution is 2.28. The topological polar surface area (TPSA) is 29.9 Å². The van der Waals surface area contributed by atoms with Gasteiger partial charge in [-0.1, -0.05) is 13.8 Å². The van der Waals surface area contributed by atoms with E-state index in [0.717, 1.165) is 25.4 Å². The first kappa shape index (κ1) is 13.0. The van der Waals surface area contributed by atoms with Crippen LogP contribution in [0.4, 0.5) is 13.2 Å². The average Bonchev–Trinajstić information content (AvgIpc) is 2.59. The van der Waals surface area contributed by atoms with Gasteiger partial charge >= 0.3 is 6.18 Å². The molecule has 92 valence electrons. The van der Waals surface area contributed by atoms with Gasteiger partial charge in [0.05, 0.1) is 11.8 Å². The maximum Gasteiger partial charge on any atom is 0.419 e. The molecule has 1 aromatic heterocycles. The van der Waals surface area contributed by atoms with Crippen molar-refractivity contribution >= 4 is 0 Å². The van der Waals surface area contributed by atoms with Gasteiger partial charge in [0.15, 0.2) is 0 Å². The summed E-state index contributed by atoms with van der Waals surface area (Å²) >= 11 is 0. The Balaban J connectivity index is 2.36. The van der Waals surface area contributed by atoms with E-state index < -0.39 is 11.7 Å². The lowest BCUT2D eigenvalue weighted by Gasteiger charge is -2.07. The monoisotopic (exact) mass is 235 g/mol. The summed E-state index contributed by atoms with van der Waals surface area (Å²) in [5.41, 5.74) is -0.690. The lowest BCUT2D eigenvalue weighted by Crippen LogP contribution is -2.24. The number of hydrogen-bond donors (Lipinski definition) is 1. The lowest BCUT2D eigenvalue weighted by molar-refractivity contribution is -0.137. The second-order valence-corrected chi connectivity index (χ2v) is 3.95. The Hall–Kier alpha value is -1.04. The van der Waals surface area contributed by atoms with Crippen LogP contribution in [0.3, 0.4) is 0 Å². The predicted molar refractivity (Wildman–Crippen MR) is 55.0 cm³/mol. The molecule has 6 heteroatoms. The number of nitrogens with zero attached hydrogens (tertiary/aromatic N) is 2. The third-order valence-electron chi connectivity index (χ3n) is 2.08. The first-order chi connectivity index (χ1) is 7.39. The van der Waals surface area contributed by atoms with Gasteiger partial charge in [0.25, 0.3) is 0 Å². The van der Waals surface area contributed by atoms with Gasteiger partial charge in [-0.05, 0) is 13.0 Å². The van der Waals surface area contributed by atoms with Gasteiger partial charge < -0.3 is 5.32 Å². The zero-order valence-electron chi connectivity index (χ0n) is 9.38. The van der Waals surface area contributed by atoms with Gasteiger partial charge in [0.1, 0.15) is 0 Å². The molecule has 0 aliphatic rings. The molecule has 3 nitrogen and oxygen atoms in total. The molecule has 0 saturated heterocycles. The molecule has 1 aromatic rings. The van der Waals surface area contributed by atoms with Crippen molar-refractivity contribution in [2.75, 3.05) is 6.54 Å². The highest BCUT2D eigenvalue weighted by atomic mass is 19.4. The maximum absolute atomic E-state index is 12.2. The molecule has 0 saturated carbocycles. The summed E-state index contributed by atoms with van der Waals surface area (Å²) in [6.45, 7) is 5.32. The molecule has 0 spiro atoms. The van der Waals surface area contributed by atoms with Crippen LogP contribution in [0.5, 0.6) is 0 Å². The summed E-state index contributed by atoms with van der Waals surface area (Å²) < 4.78 is 38.0. The van der Waals surface area contributed by atoms with E-state index in [1.807, 2.05) is 13.8 Å². The zero-order valence-corrected chi connectivity index (χ0v) is 9.38. The van der Waals surface area contributed by atoms with Gasteiger partial charge in [-0.2, -0.15) is 18.3 Å². The summed E-state index contributed by atoms with van der Waals surface area (Å²) in [6, 6.07) is 0.392. The van der Waals surface area contributed by atoms with Crippen molar-refractivity contribution in [3.05, 3.63) is 18.0 Å². The average molecular weight is 235 g/mol. The number of aromatic nitrogens is 2. The lowest BCUT2D eigenvalue weighted by atomic mass is 10.3. The first-order valence-corrected chi connectivity index (χ1v) is 5.22. The SMILES string of the molecule is CC(C)NCCCn1cc(C(F)(F)F)cn1. The van der Waals surface area contributed by atoms with Crippen molar-refractivity contribution in [3.8, 4) is 0 Å². The molecule has 1 heterocycles. The molecular formula is C10H16F3N3. The van der Waals surface area contributed by atoms with Crippen LogP contribution in [-0.2, 0) is 12.7 Å². The number of nitrogens with one attached hydrogen (secondary N) is 1. The Bertz CT molecular complexity index is 317. The van der Waals surface area contributed by atoms with Crippen molar-refractivity contribution in [2.24, 2.45) is 0 Å². The van der Waals surface area contributed by atoms with E-state index in [0.29, 0.717) is 12.6 Å². The van der Waals surface area contributed by atoms with E-state index in [1.54, 1.807) is 0 Å². The highest BCUT2D eigenvalue weighted by molar-refractivity contribution is 5.08. The summed E-state index contributed by atoms with van der Waals surface area (Å²) in [5, 5.41) is 6.86. The smallest absolute Gasteiger partial charge is 0.314 e. The standard InChI is InChI=1S/C10H16F3N3/c1-8(2)14-4-3-5-16-7-9(6-15-16)10(11,12)13/h6-8,14H,3-5H2,1-2H3. The van der Waals surface area contributed by atoms with Crippen LogP contribution in [0, 0.1) is 0 Å². The van der Waals surface area contributed by atoms with Crippen molar-refractivity contribution in [1.29, 1.82) is 0 Å². The number of rotatable bonds is 5. The van der Waals surface area contributed by atoms with Crippen LogP contribution >= 0.6 is 0 Å². The Morgan fingerprint density at radius 3 is 2.62 bits per heavy atom. The molecule has 0 amide bonds. The second-order valence-electron chi connectivity index (χ2n) is 3.95. The van der Waals surface area contributed by atoms with Gasteiger partial charge in [-0.15, -0.1) is 0 Å². The van der Waals surface area contributed by atoms with E-state index in [9.17, 15) is 13.2 Å². The number of halogens is 3. The molecule has 0 radical (unpaired) electrons. The molecule has 0 atom stereocenters. The molecule has 1 N–H and O–H groups in total. The van der Waals surface area contributed by atoms with Gasteiger partial charge in [0, 0.05) is 18.8 Å². The van der Waals surface area contributed by atoms with Crippen molar-refractivity contribution in [2.45, 2.75) is 39.0 Å². The molecule has 0 unspecified atom stereocenters. The minimum atomic E-state index is -4.30. The van der Waals surface area contributed by atoms with Gasteiger partial charge in [0.2, 0.25) is 0 Å². The third-order valence-corrected chi connectivity index (χ3v) is 2.08. The van der Waals surface area contributed by atoms with Gasteiger partial charge in [-0.3, -0.25) is 4.68 Å². The van der Waals surface area contributed by atoms with E-state index in [2.05, 4.69) is 10.4 Å². The van der Waals surface area contributed by atoms with Crippen LogP contribution < -0.4 is 5.32 Å². The number of hydrogen-bond acceptors (Lipinski definition) is 2. The molecule has 16 heavy (non-hydrogen) atoms. The van der Waals surface area contributed by atoms with Crippen molar-refractivity contribution in [1.82, 2.24) is 15.1 Å². The molecule has 0 aromatic carbocycles. The van der Waals surface area contributed by atoms with Crippen LogP contribution in [0.1, 0.15) is 25.8 Å². The Kier molecular flexibility index (Phi) is 4.35. The Labute approximate surface area is 92.6 Å². The van der Waals surface area contributed by atoms with Crippen LogP contribution in [0.2, 0.25) is 0 Å². The third kappa shape index (κ3) is 4.22. The predicted octanol–water partition coefficient (Wildman–Crippen LogP) is 2.29. The van der Waals surface area contributed by atoms with E-state index in [1.165, 1.54) is 4.68 Å². The minimum Gasteiger partial charge on any atom is -0.314 e. The Morgan fingerprint density at radius 1 is 1.44 bits per heavy atom. The summed E-state index contributed by atoms with van der Waals surface area (Å²) in [5.74, 6) is 0. The maximum atomic E-state index is 12.2. The quantitative estimate of drug-likeness (QED) is 0.793. The molecule has 0 fully saturated rings. The summed E-state index contributed by atoms with van der Waals surface area (Å²) in [7, 11) is 0. The molecule has 0 aliphatic heterocycles. The minimum absolute atomic E-state index is 0.392. The molecule has 0 aliphatic carbocycles. The number of aryl methyl sites for hydroxylation is 1. The van der Waals surface area contributed by atoms with Crippen molar-refractivity contribution in [3.63, 3.8) is 0 Å². The first-order valence-electron chi connectivity index (χ1n) is 5.22. The van der Waals surface area contributed by atoms with Crippen LogP contribution in [-0.4, -0.2) is 22.4 Å². The fourth-order valence-electron chi connectivity index (χ4n) is 1.26. The number of alkyl halides is 3. The Morgan fingerprint density at radius 2 is 2.12 bits per heavy atom. The fourth-order valence-corrected chi connectivity index (χ4v) is 1.26. The van der Waals surface area contributed by atoms with E-state index in [4.69, 9.17) is 0 Å². The molecule has 0 bridgehead atoms. The zero-order chi connectivity index (χ0) is 12.2. The van der Waals surface area contributed by atoms with Crippen molar-refractivity contribution < 1.29 is 13.2 Å². The normalized spacial score (nSPS) is 12.4. The van der Waals surface area contributed by atoms with E-state index in [-0.39, 0.29) is 0 Å². The highest BCUT2D eigenvalue weighted by Gasteiger charge is 2.31. The second kappa shape index (κ2) is 5.34. The van der Waals surface area contributed by atoms with E-state index >= 15 is 0 Å². The van der Waals surface area contributed by atoms with Crippen LogP contribution in [0.15, 0.2) is 12.4 Å².